The lowest BCUT2D eigenvalue weighted by atomic mass is 9.92. The average Bonchev–Trinajstić information content (AvgIpc) is 3.64. The van der Waals surface area contributed by atoms with Crippen LogP contribution in [0.3, 0.4) is 0 Å². The molecule has 200 valence electrons. The Kier molecular flexibility index (Phi) is 7.02. The van der Waals surface area contributed by atoms with E-state index in [1.54, 1.807) is 6.20 Å². The van der Waals surface area contributed by atoms with Crippen molar-refractivity contribution >= 4 is 0 Å². The van der Waals surface area contributed by atoms with Crippen LogP contribution in [0.1, 0.15) is 37.4 Å². The van der Waals surface area contributed by atoms with Crippen LogP contribution < -0.4 is 0 Å². The highest BCUT2D eigenvalue weighted by Crippen LogP contribution is 2.38. The first kappa shape index (κ1) is 25.7. The first-order chi connectivity index (χ1) is 17.7. The molecule has 5 rings (SSSR count). The molecule has 0 spiro atoms. The van der Waals surface area contributed by atoms with Gasteiger partial charge in [0, 0.05) is 12.7 Å². The Balaban J connectivity index is 1.42. The highest BCUT2D eigenvalue weighted by atomic mass is 19.2. The molecule has 5 atom stereocenters. The van der Waals surface area contributed by atoms with Gasteiger partial charge < -0.3 is 24.8 Å². The van der Waals surface area contributed by atoms with Gasteiger partial charge in [-0.25, -0.2) is 22.5 Å². The summed E-state index contributed by atoms with van der Waals surface area (Å²) in [5, 5.41) is 47.8. The van der Waals surface area contributed by atoms with Crippen LogP contribution in [0.2, 0.25) is 0 Å². The molecule has 0 amide bonds. The van der Waals surface area contributed by atoms with E-state index in [9.17, 15) is 28.5 Å². The summed E-state index contributed by atoms with van der Waals surface area (Å²) in [5.74, 6) is -4.35. The van der Waals surface area contributed by atoms with Gasteiger partial charge in [-0.2, -0.15) is 0 Å². The number of aromatic nitrogens is 6. The molecule has 3 aromatic rings. The summed E-state index contributed by atoms with van der Waals surface area (Å²) >= 11 is 0. The number of rotatable bonds is 7. The van der Waals surface area contributed by atoms with Crippen LogP contribution in [0.5, 0.6) is 0 Å². The smallest absolute Gasteiger partial charge is 0.194 e. The van der Waals surface area contributed by atoms with Gasteiger partial charge in [-0.1, -0.05) is 23.3 Å². The molecule has 0 bridgehead atoms. The minimum absolute atomic E-state index is 0.0363. The Morgan fingerprint density at radius 1 is 1.08 bits per heavy atom. The number of aliphatic hydroxyl groups is 3. The molecule has 2 aromatic heterocycles. The molecule has 1 aromatic carbocycles. The summed E-state index contributed by atoms with van der Waals surface area (Å²) in [6, 6.07) is 0.668. The van der Waals surface area contributed by atoms with Gasteiger partial charge in [-0.15, -0.1) is 10.2 Å². The van der Waals surface area contributed by atoms with Crippen molar-refractivity contribution in [2.75, 3.05) is 13.7 Å². The third-order valence-corrected chi connectivity index (χ3v) is 7.14. The van der Waals surface area contributed by atoms with Gasteiger partial charge in [0.1, 0.15) is 47.4 Å². The second-order valence-electron chi connectivity index (χ2n) is 9.48. The van der Waals surface area contributed by atoms with E-state index in [-0.39, 0.29) is 17.8 Å². The molecule has 3 N–H and O–H groups in total. The Bertz CT molecular complexity index is 1230. The fourth-order valence-electron chi connectivity index (χ4n) is 5.17. The standard InChI is InChI=1S/C23H27F3N6O5/c1-36-22-16(9-31-10-18(28-29-31)23(35)4-2-3-5-23)37-17(11-33)21(34)20(22)32-8-15(27-30-32)12-6-13(24)19(26)14(25)7-12/h6-8,10,16-17,20-22,33-35H,2-5,9,11H2,1H3/t16-,17-,20+,21+,22+/m1/s1. The van der Waals surface area contributed by atoms with Crippen molar-refractivity contribution in [3.05, 3.63) is 47.7 Å². The van der Waals surface area contributed by atoms with E-state index in [1.807, 2.05) is 0 Å². The fraction of sp³-hybridized carbons (Fsp3) is 0.565. The first-order valence-corrected chi connectivity index (χ1v) is 11.9. The maximum absolute atomic E-state index is 13.7. The first-order valence-electron chi connectivity index (χ1n) is 11.9. The van der Waals surface area contributed by atoms with E-state index in [4.69, 9.17) is 9.47 Å². The third-order valence-electron chi connectivity index (χ3n) is 7.14. The van der Waals surface area contributed by atoms with Crippen molar-refractivity contribution in [3.8, 4) is 11.3 Å². The number of hydrogen-bond donors (Lipinski definition) is 3. The molecule has 0 radical (unpaired) electrons. The van der Waals surface area contributed by atoms with E-state index in [0.29, 0.717) is 18.5 Å². The van der Waals surface area contributed by atoms with Crippen molar-refractivity contribution in [3.63, 3.8) is 0 Å². The molecule has 1 aliphatic heterocycles. The molecule has 2 fully saturated rings. The number of ether oxygens (including phenoxy) is 2. The molecule has 14 heteroatoms. The minimum atomic E-state index is -1.60. The van der Waals surface area contributed by atoms with Gasteiger partial charge >= 0.3 is 0 Å². The number of hydrogen-bond acceptors (Lipinski definition) is 9. The fourth-order valence-corrected chi connectivity index (χ4v) is 5.17. The van der Waals surface area contributed by atoms with E-state index < -0.39 is 60.1 Å². The molecular formula is C23H27F3N6O5. The van der Waals surface area contributed by atoms with Crippen LogP contribution in [0.4, 0.5) is 13.2 Å². The minimum Gasteiger partial charge on any atom is -0.394 e. The largest absolute Gasteiger partial charge is 0.394 e. The topological polar surface area (TPSA) is 141 Å². The van der Waals surface area contributed by atoms with E-state index in [1.165, 1.54) is 22.7 Å². The molecule has 11 nitrogen and oxygen atoms in total. The summed E-state index contributed by atoms with van der Waals surface area (Å²) in [6.07, 6.45) is 2.11. The van der Waals surface area contributed by atoms with Crippen LogP contribution in [0.15, 0.2) is 24.5 Å². The molecule has 1 saturated carbocycles. The lowest BCUT2D eigenvalue weighted by Gasteiger charge is -2.43. The van der Waals surface area contributed by atoms with Crippen LogP contribution in [-0.4, -0.2) is 83.4 Å². The lowest BCUT2D eigenvalue weighted by Crippen LogP contribution is -2.57. The van der Waals surface area contributed by atoms with Crippen molar-refractivity contribution < 1.29 is 38.0 Å². The third kappa shape index (κ3) is 4.75. The van der Waals surface area contributed by atoms with Gasteiger partial charge in [-0.05, 0) is 25.0 Å². The Labute approximate surface area is 209 Å². The second kappa shape index (κ2) is 10.1. The maximum atomic E-state index is 13.7. The molecule has 37 heavy (non-hydrogen) atoms. The van der Waals surface area contributed by atoms with Gasteiger partial charge in [0.2, 0.25) is 0 Å². The number of aliphatic hydroxyl groups excluding tert-OH is 2. The highest BCUT2D eigenvalue weighted by Gasteiger charge is 2.47. The predicted molar refractivity (Wildman–Crippen MR) is 119 cm³/mol. The molecule has 2 aliphatic rings. The quantitative estimate of drug-likeness (QED) is 0.388. The van der Waals surface area contributed by atoms with Gasteiger partial charge in [0.25, 0.3) is 0 Å². The molecule has 3 heterocycles. The molecule has 1 saturated heterocycles. The average molecular weight is 525 g/mol. The summed E-state index contributed by atoms with van der Waals surface area (Å²) in [7, 11) is 1.41. The van der Waals surface area contributed by atoms with Gasteiger partial charge in [0.05, 0.1) is 25.5 Å². The van der Waals surface area contributed by atoms with Crippen LogP contribution >= 0.6 is 0 Å². The number of methoxy groups -OCH3 is 1. The number of nitrogens with zero attached hydrogens (tertiary/aromatic N) is 6. The summed E-state index contributed by atoms with van der Waals surface area (Å²) in [6.45, 7) is -0.389. The monoisotopic (exact) mass is 524 g/mol. The number of halogens is 3. The lowest BCUT2D eigenvalue weighted by molar-refractivity contribution is -0.216. The summed E-state index contributed by atoms with van der Waals surface area (Å²) in [5.41, 5.74) is -0.567. The molecular weight excluding hydrogens is 497 g/mol. The maximum Gasteiger partial charge on any atom is 0.194 e. The Hall–Kier alpha value is -2.91. The SMILES string of the molecule is CO[C@@H]1[C@@H](n2cc(-c3cc(F)c(F)c(F)c3)nn2)[C@@H](O)[C@@H](CO)O[C@@H]1Cn1cc(C2(O)CCCC2)nn1. The summed E-state index contributed by atoms with van der Waals surface area (Å²) in [4.78, 5) is 0. The van der Waals surface area contributed by atoms with Crippen molar-refractivity contribution in [2.24, 2.45) is 0 Å². The van der Waals surface area contributed by atoms with Gasteiger partial charge in [-0.3, -0.25) is 0 Å². The molecule has 0 unspecified atom stereocenters. The second-order valence-corrected chi connectivity index (χ2v) is 9.48. The Morgan fingerprint density at radius 3 is 2.43 bits per heavy atom. The predicted octanol–water partition coefficient (Wildman–Crippen LogP) is 1.09. The van der Waals surface area contributed by atoms with Gasteiger partial charge in [0.15, 0.2) is 17.5 Å². The normalized spacial score (nSPS) is 27.6. The van der Waals surface area contributed by atoms with Crippen LogP contribution in [0, 0.1) is 17.5 Å². The van der Waals surface area contributed by atoms with E-state index in [0.717, 1.165) is 25.0 Å². The van der Waals surface area contributed by atoms with E-state index in [2.05, 4.69) is 20.6 Å². The zero-order valence-electron chi connectivity index (χ0n) is 19.9. The molecule has 1 aliphatic carbocycles. The van der Waals surface area contributed by atoms with Crippen molar-refractivity contribution in [1.29, 1.82) is 0 Å². The zero-order chi connectivity index (χ0) is 26.3. The summed E-state index contributed by atoms with van der Waals surface area (Å²) < 4.78 is 55.2. The zero-order valence-corrected chi connectivity index (χ0v) is 19.9. The van der Waals surface area contributed by atoms with E-state index >= 15 is 0 Å². The van der Waals surface area contributed by atoms with Crippen molar-refractivity contribution in [1.82, 2.24) is 30.0 Å². The Morgan fingerprint density at radius 2 is 1.78 bits per heavy atom. The van der Waals surface area contributed by atoms with Crippen LogP contribution in [-0.2, 0) is 21.6 Å². The number of benzene rings is 1. The van der Waals surface area contributed by atoms with Crippen molar-refractivity contribution in [2.45, 2.75) is 68.3 Å². The highest BCUT2D eigenvalue weighted by molar-refractivity contribution is 5.57. The van der Waals surface area contributed by atoms with Crippen LogP contribution in [0.25, 0.3) is 11.3 Å².